The van der Waals surface area contributed by atoms with Crippen LogP contribution in [0.4, 0.5) is 0 Å². The number of fused-ring (bicyclic) bond motifs is 1. The van der Waals surface area contributed by atoms with Gasteiger partial charge in [0.2, 0.25) is 15.9 Å². The van der Waals surface area contributed by atoms with Crippen LogP contribution in [0.15, 0.2) is 16.0 Å². The van der Waals surface area contributed by atoms with Gasteiger partial charge in [-0.25, -0.2) is 13.4 Å². The first kappa shape index (κ1) is 25.3. The van der Waals surface area contributed by atoms with E-state index in [0.29, 0.717) is 29.3 Å². The summed E-state index contributed by atoms with van der Waals surface area (Å²) in [6.07, 6.45) is 9.92. The summed E-state index contributed by atoms with van der Waals surface area (Å²) in [6.45, 7) is 6.22. The van der Waals surface area contributed by atoms with Gasteiger partial charge in [-0.2, -0.15) is 4.31 Å². The predicted octanol–water partition coefficient (Wildman–Crippen LogP) is 2.32. The minimum Gasteiger partial charge on any atom is -0.354 e. The normalized spacial score (nSPS) is 18.7. The van der Waals surface area contributed by atoms with Gasteiger partial charge in [-0.15, -0.1) is 11.3 Å². The summed E-state index contributed by atoms with van der Waals surface area (Å²) in [6, 6.07) is 0. The summed E-state index contributed by atoms with van der Waals surface area (Å²) in [5.74, 6) is -0.272. The molecule has 4 rings (SSSR count). The fraction of sp³-hybridized carbons (Fsp3) is 0.696. The molecule has 0 unspecified atom stereocenters. The molecule has 1 amide bonds. The van der Waals surface area contributed by atoms with Crippen LogP contribution in [0.5, 0.6) is 0 Å². The molecular weight excluding hydrogens is 474 g/mol. The van der Waals surface area contributed by atoms with Gasteiger partial charge >= 0.3 is 0 Å². The second kappa shape index (κ2) is 11.3. The van der Waals surface area contributed by atoms with Crippen molar-refractivity contribution < 1.29 is 13.2 Å². The van der Waals surface area contributed by atoms with E-state index in [1.165, 1.54) is 52.2 Å². The number of hydrogen-bond donors (Lipinski definition) is 1. The summed E-state index contributed by atoms with van der Waals surface area (Å²) >= 11 is 1.21. The lowest BCUT2D eigenvalue weighted by molar-refractivity contribution is -0.121. The zero-order valence-electron chi connectivity index (χ0n) is 19.9. The van der Waals surface area contributed by atoms with Crippen LogP contribution >= 0.6 is 11.3 Å². The van der Waals surface area contributed by atoms with Crippen LogP contribution in [0.2, 0.25) is 0 Å². The molecule has 2 aromatic heterocycles. The third kappa shape index (κ3) is 5.69. The van der Waals surface area contributed by atoms with E-state index < -0.39 is 15.6 Å². The number of piperidine rings is 1. The number of likely N-dealkylation sites (tertiary alicyclic amines) is 1. The monoisotopic (exact) mass is 509 g/mol. The van der Waals surface area contributed by atoms with Crippen LogP contribution in [0.1, 0.15) is 56.2 Å². The van der Waals surface area contributed by atoms with Crippen LogP contribution in [0, 0.1) is 6.92 Å². The summed E-state index contributed by atoms with van der Waals surface area (Å²) in [7, 11) is -3.79. The molecule has 11 heteroatoms. The van der Waals surface area contributed by atoms with E-state index in [1.54, 1.807) is 6.92 Å². The standard InChI is InChI=1S/C23H35N5O4S2/c1-18-21(34(31,32)28-14-7-4-8-15-28)20-22(33-18)25-17-27(23(20)30)16-19(29)24-10-9-13-26-11-5-2-3-6-12-26/h17H,2-16H2,1H3,(H,24,29). The van der Waals surface area contributed by atoms with Gasteiger partial charge in [-0.1, -0.05) is 19.3 Å². The van der Waals surface area contributed by atoms with Crippen LogP contribution < -0.4 is 10.9 Å². The summed E-state index contributed by atoms with van der Waals surface area (Å²) in [5, 5.41) is 2.99. The average Bonchev–Trinajstić information content (AvgIpc) is 2.98. The molecule has 0 atom stereocenters. The molecule has 0 bridgehead atoms. The van der Waals surface area contributed by atoms with Crippen molar-refractivity contribution in [2.24, 2.45) is 0 Å². The Morgan fingerprint density at radius 3 is 2.41 bits per heavy atom. The van der Waals surface area contributed by atoms with Gasteiger partial charge in [0.25, 0.3) is 5.56 Å². The molecule has 0 aromatic carbocycles. The SMILES string of the molecule is Cc1sc2ncn(CC(=O)NCCCN3CCCCCC3)c(=O)c2c1S(=O)(=O)N1CCCCC1. The zero-order chi connectivity index (χ0) is 24.1. The van der Waals surface area contributed by atoms with Crippen molar-refractivity contribution in [1.82, 2.24) is 24.1 Å². The molecule has 2 saturated heterocycles. The average molecular weight is 510 g/mol. The number of rotatable bonds is 8. The number of carbonyl (C=O) groups excluding carboxylic acids is 1. The molecule has 0 radical (unpaired) electrons. The fourth-order valence-electron chi connectivity index (χ4n) is 4.87. The molecule has 2 aromatic rings. The second-order valence-corrected chi connectivity index (χ2v) is 12.3. The van der Waals surface area contributed by atoms with Crippen LogP contribution in [0.3, 0.4) is 0 Å². The van der Waals surface area contributed by atoms with Gasteiger partial charge in [0.1, 0.15) is 16.3 Å². The van der Waals surface area contributed by atoms with E-state index in [2.05, 4.69) is 15.2 Å². The lowest BCUT2D eigenvalue weighted by atomic mass is 10.2. The first-order valence-corrected chi connectivity index (χ1v) is 14.6. The molecule has 0 saturated carbocycles. The van der Waals surface area contributed by atoms with E-state index >= 15 is 0 Å². The molecule has 2 fully saturated rings. The predicted molar refractivity (Wildman–Crippen MR) is 134 cm³/mol. The summed E-state index contributed by atoms with van der Waals surface area (Å²) in [5.41, 5.74) is -0.482. The highest BCUT2D eigenvalue weighted by molar-refractivity contribution is 7.89. The Hall–Kier alpha value is -1.82. The number of nitrogens with zero attached hydrogens (tertiary/aromatic N) is 4. The van der Waals surface area contributed by atoms with Crippen molar-refractivity contribution in [3.8, 4) is 0 Å². The molecule has 4 heterocycles. The molecular formula is C23H35N5O4S2. The van der Waals surface area contributed by atoms with E-state index in [4.69, 9.17) is 0 Å². The van der Waals surface area contributed by atoms with Crippen LogP contribution in [-0.2, 0) is 21.4 Å². The molecule has 2 aliphatic rings. The van der Waals surface area contributed by atoms with Crippen molar-refractivity contribution >= 4 is 37.5 Å². The quantitative estimate of drug-likeness (QED) is 0.548. The zero-order valence-corrected chi connectivity index (χ0v) is 21.6. The minimum absolute atomic E-state index is 0.0547. The molecule has 188 valence electrons. The number of carbonyl (C=O) groups is 1. The Morgan fingerprint density at radius 1 is 1.06 bits per heavy atom. The number of amides is 1. The Balaban J connectivity index is 1.44. The molecule has 0 aliphatic carbocycles. The molecule has 34 heavy (non-hydrogen) atoms. The largest absolute Gasteiger partial charge is 0.354 e. The lowest BCUT2D eigenvalue weighted by Crippen LogP contribution is -2.37. The molecule has 2 aliphatic heterocycles. The number of hydrogen-bond acceptors (Lipinski definition) is 7. The Kier molecular flexibility index (Phi) is 8.39. The van der Waals surface area contributed by atoms with Crippen molar-refractivity contribution in [2.75, 3.05) is 39.3 Å². The van der Waals surface area contributed by atoms with Gasteiger partial charge in [0, 0.05) is 24.5 Å². The lowest BCUT2D eigenvalue weighted by Gasteiger charge is -2.25. The second-order valence-electron chi connectivity index (χ2n) is 9.27. The molecule has 9 nitrogen and oxygen atoms in total. The van der Waals surface area contributed by atoms with Gasteiger partial charge in [-0.05, 0) is 58.7 Å². The van der Waals surface area contributed by atoms with Gasteiger partial charge in [-0.3, -0.25) is 14.2 Å². The highest BCUT2D eigenvalue weighted by Crippen LogP contribution is 2.33. The van der Waals surface area contributed by atoms with Crippen molar-refractivity contribution in [3.63, 3.8) is 0 Å². The Labute approximate surface area is 205 Å². The van der Waals surface area contributed by atoms with Crippen LogP contribution in [-0.4, -0.2) is 72.3 Å². The first-order valence-electron chi connectivity index (χ1n) is 12.4. The van der Waals surface area contributed by atoms with Gasteiger partial charge < -0.3 is 10.2 Å². The van der Waals surface area contributed by atoms with Crippen molar-refractivity contribution in [1.29, 1.82) is 0 Å². The topological polar surface area (TPSA) is 105 Å². The maximum Gasteiger partial charge on any atom is 0.263 e. The maximum absolute atomic E-state index is 13.4. The van der Waals surface area contributed by atoms with E-state index in [1.807, 2.05) is 0 Å². The maximum atomic E-state index is 13.4. The van der Waals surface area contributed by atoms with Crippen molar-refractivity contribution in [3.05, 3.63) is 21.6 Å². The number of nitrogens with one attached hydrogen (secondary N) is 1. The van der Waals surface area contributed by atoms with Crippen molar-refractivity contribution in [2.45, 2.75) is 69.7 Å². The number of aryl methyl sites for hydroxylation is 1. The van der Waals surface area contributed by atoms with E-state index in [-0.39, 0.29) is 22.7 Å². The highest BCUT2D eigenvalue weighted by Gasteiger charge is 2.32. The number of thiophene rings is 1. The fourth-order valence-corrected chi connectivity index (χ4v) is 8.06. The third-order valence-electron chi connectivity index (χ3n) is 6.70. The van der Waals surface area contributed by atoms with E-state index in [0.717, 1.165) is 45.3 Å². The minimum atomic E-state index is -3.79. The van der Waals surface area contributed by atoms with Crippen LogP contribution in [0.25, 0.3) is 10.2 Å². The van der Waals surface area contributed by atoms with E-state index in [9.17, 15) is 18.0 Å². The summed E-state index contributed by atoms with van der Waals surface area (Å²) < 4.78 is 29.4. The van der Waals surface area contributed by atoms with Gasteiger partial charge in [0.05, 0.1) is 11.7 Å². The number of aromatic nitrogens is 2. The Bertz CT molecular complexity index is 1160. The highest BCUT2D eigenvalue weighted by atomic mass is 32.2. The molecule has 1 N–H and O–H groups in total. The Morgan fingerprint density at radius 2 is 1.71 bits per heavy atom. The third-order valence-corrected chi connectivity index (χ3v) is 9.91. The first-order chi connectivity index (χ1) is 16.4. The smallest absolute Gasteiger partial charge is 0.263 e. The number of sulfonamides is 1. The van der Waals surface area contributed by atoms with Gasteiger partial charge in [0.15, 0.2) is 0 Å². The summed E-state index contributed by atoms with van der Waals surface area (Å²) in [4.78, 5) is 33.5. The molecule has 0 spiro atoms.